The van der Waals surface area contributed by atoms with E-state index in [1.165, 1.54) is 6.07 Å². The highest BCUT2D eigenvalue weighted by Gasteiger charge is 2.32. The van der Waals surface area contributed by atoms with Crippen LogP contribution in [0.2, 0.25) is 0 Å². The zero-order valence-corrected chi connectivity index (χ0v) is 17.3. The van der Waals surface area contributed by atoms with Crippen LogP contribution in [0.5, 0.6) is 0 Å². The maximum absolute atomic E-state index is 13.3. The molecule has 4 nitrogen and oxygen atoms in total. The van der Waals surface area contributed by atoms with E-state index in [1.807, 2.05) is 0 Å². The first-order valence-electron chi connectivity index (χ1n) is 10.1. The average molecular weight is 448 g/mol. The average Bonchev–Trinajstić information content (AvgIpc) is 2.84. The van der Waals surface area contributed by atoms with E-state index >= 15 is 0 Å². The van der Waals surface area contributed by atoms with E-state index < -0.39 is 23.8 Å². The van der Waals surface area contributed by atoms with Gasteiger partial charge in [-0.05, 0) is 53.1 Å². The van der Waals surface area contributed by atoms with Gasteiger partial charge in [-0.2, -0.15) is 13.2 Å². The van der Waals surface area contributed by atoms with Crippen LogP contribution in [0.4, 0.5) is 18.9 Å². The summed E-state index contributed by atoms with van der Waals surface area (Å²) in [6, 6.07) is 23.5. The summed E-state index contributed by atoms with van der Waals surface area (Å²) >= 11 is 0. The van der Waals surface area contributed by atoms with Gasteiger partial charge < -0.3 is 10.4 Å². The number of carbonyl (C=O) groups excluding carboxylic acids is 1. The molecule has 0 fully saturated rings. The Labute approximate surface area is 188 Å². The summed E-state index contributed by atoms with van der Waals surface area (Å²) < 4.78 is 39.9. The first kappa shape index (κ1) is 22.2. The third kappa shape index (κ3) is 5.10. The predicted octanol–water partition coefficient (Wildman–Crippen LogP) is 6.10. The molecule has 0 saturated carbocycles. The highest BCUT2D eigenvalue weighted by molar-refractivity contribution is 6.08. The van der Waals surface area contributed by atoms with E-state index in [0.717, 1.165) is 12.1 Å². The van der Waals surface area contributed by atoms with Crippen molar-refractivity contribution in [2.75, 3.05) is 5.32 Å². The third-order valence-electron chi connectivity index (χ3n) is 5.13. The number of aliphatic hydroxyl groups excluding tert-OH is 1. The molecule has 0 saturated heterocycles. The molecule has 0 aliphatic heterocycles. The van der Waals surface area contributed by atoms with Crippen molar-refractivity contribution in [1.29, 1.82) is 0 Å². The lowest BCUT2D eigenvalue weighted by molar-refractivity contribution is -0.137. The molecule has 2 N–H and O–H groups in total. The van der Waals surface area contributed by atoms with E-state index in [4.69, 9.17) is 0 Å². The number of benzene rings is 3. The van der Waals surface area contributed by atoms with E-state index in [2.05, 4.69) is 10.3 Å². The Hall–Kier alpha value is -3.97. The number of hydrogen-bond donors (Lipinski definition) is 2. The predicted molar refractivity (Wildman–Crippen MR) is 120 cm³/mol. The molecule has 4 rings (SSSR count). The molecule has 1 amide bonds. The monoisotopic (exact) mass is 448 g/mol. The molecule has 7 heteroatoms. The Bertz CT molecular complexity index is 1240. The van der Waals surface area contributed by atoms with Gasteiger partial charge in [0.1, 0.15) is 6.10 Å². The van der Waals surface area contributed by atoms with Gasteiger partial charge >= 0.3 is 6.18 Å². The van der Waals surface area contributed by atoms with Crippen molar-refractivity contribution >= 4 is 11.6 Å². The molecule has 0 aliphatic carbocycles. The maximum Gasteiger partial charge on any atom is 0.416 e. The minimum Gasteiger partial charge on any atom is -0.382 e. The molecule has 3 aromatic carbocycles. The fourth-order valence-corrected chi connectivity index (χ4v) is 3.43. The number of aliphatic hydroxyl groups is 1. The molecule has 0 bridgehead atoms. The number of hydrogen-bond acceptors (Lipinski definition) is 3. The van der Waals surface area contributed by atoms with Crippen LogP contribution in [0.15, 0.2) is 97.2 Å². The van der Waals surface area contributed by atoms with Crippen LogP contribution in [0.25, 0.3) is 11.1 Å². The Morgan fingerprint density at radius 3 is 2.21 bits per heavy atom. The summed E-state index contributed by atoms with van der Waals surface area (Å²) in [5.74, 6) is -0.669. The van der Waals surface area contributed by atoms with Crippen molar-refractivity contribution in [3.8, 4) is 11.1 Å². The number of amides is 1. The van der Waals surface area contributed by atoms with Crippen molar-refractivity contribution in [2.45, 2.75) is 12.3 Å². The zero-order valence-electron chi connectivity index (χ0n) is 17.3. The number of halogens is 3. The van der Waals surface area contributed by atoms with Crippen LogP contribution >= 0.6 is 0 Å². The molecule has 1 unspecified atom stereocenters. The van der Waals surface area contributed by atoms with Crippen molar-refractivity contribution < 1.29 is 23.1 Å². The number of carbonyl (C=O) groups is 1. The summed E-state index contributed by atoms with van der Waals surface area (Å²) in [5, 5.41) is 13.1. The number of nitrogens with zero attached hydrogens (tertiary/aromatic N) is 1. The van der Waals surface area contributed by atoms with Crippen LogP contribution in [0.1, 0.15) is 33.3 Å². The number of aromatic nitrogens is 1. The lowest BCUT2D eigenvalue weighted by Gasteiger charge is -2.15. The molecule has 4 aromatic rings. The highest BCUT2D eigenvalue weighted by atomic mass is 19.4. The van der Waals surface area contributed by atoms with E-state index in [9.17, 15) is 23.1 Å². The van der Waals surface area contributed by atoms with Gasteiger partial charge in [-0.1, -0.05) is 54.6 Å². The van der Waals surface area contributed by atoms with Gasteiger partial charge in [0.25, 0.3) is 5.91 Å². The summed E-state index contributed by atoms with van der Waals surface area (Å²) in [6.07, 6.45) is -3.94. The van der Waals surface area contributed by atoms with Crippen molar-refractivity contribution in [3.05, 3.63) is 120 Å². The summed E-state index contributed by atoms with van der Waals surface area (Å²) in [4.78, 5) is 17.1. The molecule has 0 radical (unpaired) electrons. The Kier molecular flexibility index (Phi) is 6.24. The summed E-state index contributed by atoms with van der Waals surface area (Å²) in [7, 11) is 0. The second-order valence-corrected chi connectivity index (χ2v) is 7.36. The van der Waals surface area contributed by atoms with E-state index in [0.29, 0.717) is 28.1 Å². The molecule has 1 atom stereocenters. The Morgan fingerprint density at radius 1 is 0.879 bits per heavy atom. The molecule has 0 aliphatic rings. The summed E-state index contributed by atoms with van der Waals surface area (Å²) in [6.45, 7) is 0. The topological polar surface area (TPSA) is 62.2 Å². The molecule has 1 aromatic heterocycles. The van der Waals surface area contributed by atoms with Crippen LogP contribution in [0, 0.1) is 0 Å². The van der Waals surface area contributed by atoms with Crippen molar-refractivity contribution in [1.82, 2.24) is 4.98 Å². The minimum atomic E-state index is -4.58. The fraction of sp³-hybridized carbons (Fsp3) is 0.0769. The van der Waals surface area contributed by atoms with Gasteiger partial charge in [0.15, 0.2) is 0 Å². The molecular formula is C26H19F3N2O2. The van der Waals surface area contributed by atoms with E-state index in [1.54, 1.807) is 79.0 Å². The second kappa shape index (κ2) is 9.26. The molecule has 166 valence electrons. The molecular weight excluding hydrogens is 429 g/mol. The van der Waals surface area contributed by atoms with Gasteiger partial charge in [0, 0.05) is 17.4 Å². The first-order chi connectivity index (χ1) is 15.8. The smallest absolute Gasteiger partial charge is 0.382 e. The van der Waals surface area contributed by atoms with Crippen LogP contribution in [0.3, 0.4) is 0 Å². The lowest BCUT2D eigenvalue weighted by Crippen LogP contribution is -2.15. The highest BCUT2D eigenvalue weighted by Crippen LogP contribution is 2.34. The minimum absolute atomic E-state index is 0.0892. The van der Waals surface area contributed by atoms with Crippen molar-refractivity contribution in [3.63, 3.8) is 0 Å². The van der Waals surface area contributed by atoms with Gasteiger partial charge in [-0.15, -0.1) is 0 Å². The van der Waals surface area contributed by atoms with Crippen LogP contribution in [-0.2, 0) is 6.18 Å². The number of pyridine rings is 1. The molecule has 33 heavy (non-hydrogen) atoms. The Morgan fingerprint density at radius 2 is 1.58 bits per heavy atom. The number of nitrogens with one attached hydrogen (secondary N) is 1. The third-order valence-corrected chi connectivity index (χ3v) is 5.13. The van der Waals surface area contributed by atoms with Crippen LogP contribution < -0.4 is 5.32 Å². The van der Waals surface area contributed by atoms with Gasteiger partial charge in [-0.3, -0.25) is 9.78 Å². The number of rotatable bonds is 5. The van der Waals surface area contributed by atoms with Crippen molar-refractivity contribution in [2.24, 2.45) is 0 Å². The quantitative estimate of drug-likeness (QED) is 0.388. The molecule has 0 spiro atoms. The van der Waals surface area contributed by atoms with Gasteiger partial charge in [0.2, 0.25) is 0 Å². The maximum atomic E-state index is 13.3. The van der Waals surface area contributed by atoms with Gasteiger partial charge in [-0.25, -0.2) is 0 Å². The number of anilines is 1. The van der Waals surface area contributed by atoms with Crippen LogP contribution in [-0.4, -0.2) is 16.0 Å². The first-order valence-corrected chi connectivity index (χ1v) is 10.1. The zero-order chi connectivity index (χ0) is 23.4. The molecule has 1 heterocycles. The number of alkyl halides is 3. The largest absolute Gasteiger partial charge is 0.416 e. The SMILES string of the molecule is O=C(Nc1ccc(C(O)c2ccccn2)cc1)c1cc(C(F)(F)F)ccc1-c1ccccc1. The summed E-state index contributed by atoms with van der Waals surface area (Å²) in [5.41, 5.74) is 1.46. The normalized spacial score (nSPS) is 12.2. The second-order valence-electron chi connectivity index (χ2n) is 7.36. The lowest BCUT2D eigenvalue weighted by atomic mass is 9.96. The van der Waals surface area contributed by atoms with E-state index in [-0.39, 0.29) is 5.56 Å². The Balaban J connectivity index is 1.61. The van der Waals surface area contributed by atoms with Gasteiger partial charge in [0.05, 0.1) is 11.3 Å². The fourth-order valence-electron chi connectivity index (χ4n) is 3.43. The standard InChI is InChI=1S/C26H19F3N2O2/c27-26(28,29)19-11-14-21(17-6-2-1-3-7-17)22(16-19)25(33)31-20-12-9-18(10-13-20)24(32)23-8-4-5-15-30-23/h1-16,24,32H,(H,31,33).